The molecule has 2 N–H and O–H groups in total. The first-order chi connectivity index (χ1) is 5.48. The Kier molecular flexibility index (Phi) is 5.33. The van der Waals surface area contributed by atoms with Gasteiger partial charge in [0, 0.05) is 32.0 Å². The van der Waals surface area contributed by atoms with Gasteiger partial charge in [-0.1, -0.05) is 13.8 Å². The van der Waals surface area contributed by atoms with Crippen LogP contribution in [0.15, 0.2) is 0 Å². The molecule has 0 aromatic rings. The van der Waals surface area contributed by atoms with Gasteiger partial charge in [0.15, 0.2) is 0 Å². The lowest BCUT2D eigenvalue weighted by Crippen LogP contribution is -2.29. The molecule has 12 heavy (non-hydrogen) atoms. The lowest BCUT2D eigenvalue weighted by molar-refractivity contribution is -0.0285. The molecule has 0 amide bonds. The van der Waals surface area contributed by atoms with Gasteiger partial charge in [0.2, 0.25) is 0 Å². The van der Waals surface area contributed by atoms with E-state index in [1.54, 1.807) is 0 Å². The summed E-state index contributed by atoms with van der Waals surface area (Å²) in [6, 6.07) is 0.231. The standard InChI is InChI=1S/C8H17F2NO/c1-7(2)11-5-3-8(9,10)4-6-12/h7,11-12H,3-6H2,1-2H3. The van der Waals surface area contributed by atoms with Gasteiger partial charge in [0.1, 0.15) is 0 Å². The number of nitrogens with one attached hydrogen (secondary N) is 1. The van der Waals surface area contributed by atoms with E-state index < -0.39 is 19.0 Å². The highest BCUT2D eigenvalue weighted by molar-refractivity contribution is 4.67. The Morgan fingerprint density at radius 2 is 1.92 bits per heavy atom. The van der Waals surface area contributed by atoms with Crippen LogP contribution in [0.25, 0.3) is 0 Å². The Hall–Kier alpha value is -0.220. The molecule has 0 saturated heterocycles. The number of alkyl halides is 2. The summed E-state index contributed by atoms with van der Waals surface area (Å²) in [5.74, 6) is -2.73. The smallest absolute Gasteiger partial charge is 0.251 e. The van der Waals surface area contributed by atoms with Crippen LogP contribution in [0, 0.1) is 0 Å². The third-order valence-electron chi connectivity index (χ3n) is 1.52. The highest BCUT2D eigenvalue weighted by atomic mass is 19.3. The summed E-state index contributed by atoms with van der Waals surface area (Å²) < 4.78 is 25.3. The summed E-state index contributed by atoms with van der Waals surface area (Å²) in [5, 5.41) is 11.2. The maximum absolute atomic E-state index is 12.7. The Bertz CT molecular complexity index is 118. The fraction of sp³-hybridized carbons (Fsp3) is 1.00. The molecule has 0 heterocycles. The average Bonchev–Trinajstić information content (AvgIpc) is 1.85. The maximum atomic E-state index is 12.7. The summed E-state index contributed by atoms with van der Waals surface area (Å²) >= 11 is 0. The van der Waals surface area contributed by atoms with Crippen molar-refractivity contribution in [3.8, 4) is 0 Å². The molecule has 0 atom stereocenters. The van der Waals surface area contributed by atoms with Crippen molar-refractivity contribution in [1.29, 1.82) is 0 Å². The lowest BCUT2D eigenvalue weighted by Gasteiger charge is -2.16. The van der Waals surface area contributed by atoms with E-state index in [-0.39, 0.29) is 12.5 Å². The van der Waals surface area contributed by atoms with Crippen molar-refractivity contribution in [2.24, 2.45) is 0 Å². The maximum Gasteiger partial charge on any atom is 0.251 e. The van der Waals surface area contributed by atoms with E-state index >= 15 is 0 Å². The fourth-order valence-electron chi connectivity index (χ4n) is 0.832. The summed E-state index contributed by atoms with van der Waals surface area (Å²) in [6.07, 6.45) is -0.640. The zero-order chi connectivity index (χ0) is 9.61. The molecule has 0 aliphatic carbocycles. The molecule has 0 aromatic heterocycles. The van der Waals surface area contributed by atoms with Crippen LogP contribution >= 0.6 is 0 Å². The molecule has 0 radical (unpaired) electrons. The second kappa shape index (κ2) is 5.43. The molecular weight excluding hydrogens is 164 g/mol. The van der Waals surface area contributed by atoms with Crippen LogP contribution in [0.2, 0.25) is 0 Å². The Balaban J connectivity index is 3.46. The van der Waals surface area contributed by atoms with Gasteiger partial charge < -0.3 is 10.4 Å². The Labute approximate surface area is 72.0 Å². The van der Waals surface area contributed by atoms with E-state index in [1.165, 1.54) is 0 Å². The Morgan fingerprint density at radius 3 is 2.33 bits per heavy atom. The molecule has 0 rings (SSSR count). The van der Waals surface area contributed by atoms with E-state index in [0.717, 1.165) is 0 Å². The van der Waals surface area contributed by atoms with Crippen molar-refractivity contribution in [3.05, 3.63) is 0 Å². The number of hydrogen-bond donors (Lipinski definition) is 2. The topological polar surface area (TPSA) is 32.3 Å². The van der Waals surface area contributed by atoms with E-state index in [4.69, 9.17) is 5.11 Å². The van der Waals surface area contributed by atoms with Gasteiger partial charge in [-0.3, -0.25) is 0 Å². The van der Waals surface area contributed by atoms with E-state index in [0.29, 0.717) is 6.54 Å². The zero-order valence-electron chi connectivity index (χ0n) is 7.61. The van der Waals surface area contributed by atoms with Crippen molar-refractivity contribution in [2.75, 3.05) is 13.2 Å². The van der Waals surface area contributed by atoms with Crippen LogP contribution in [0.1, 0.15) is 26.7 Å². The number of hydrogen-bond acceptors (Lipinski definition) is 2. The number of aliphatic hydroxyl groups is 1. The first-order valence-corrected chi connectivity index (χ1v) is 4.20. The molecule has 0 bridgehead atoms. The molecule has 4 heteroatoms. The minimum Gasteiger partial charge on any atom is -0.396 e. The van der Waals surface area contributed by atoms with Gasteiger partial charge in [-0.15, -0.1) is 0 Å². The van der Waals surface area contributed by atoms with E-state index in [9.17, 15) is 8.78 Å². The second-order valence-corrected chi connectivity index (χ2v) is 3.19. The molecule has 2 nitrogen and oxygen atoms in total. The van der Waals surface area contributed by atoms with Crippen molar-refractivity contribution in [2.45, 2.75) is 38.7 Å². The van der Waals surface area contributed by atoms with E-state index in [2.05, 4.69) is 5.32 Å². The molecule has 0 aromatic carbocycles. The fourth-order valence-corrected chi connectivity index (χ4v) is 0.832. The number of halogens is 2. The summed E-state index contributed by atoms with van der Waals surface area (Å²) in [7, 11) is 0. The molecule has 0 aliphatic rings. The first kappa shape index (κ1) is 11.8. The zero-order valence-corrected chi connectivity index (χ0v) is 7.61. The SMILES string of the molecule is CC(C)NCCC(F)(F)CCO. The minimum atomic E-state index is -2.73. The van der Waals surface area contributed by atoms with Crippen LogP contribution in [0.4, 0.5) is 8.78 Å². The average molecular weight is 181 g/mol. The van der Waals surface area contributed by atoms with E-state index in [1.807, 2.05) is 13.8 Å². The summed E-state index contributed by atoms with van der Waals surface area (Å²) in [5.41, 5.74) is 0. The van der Waals surface area contributed by atoms with Crippen LogP contribution in [-0.2, 0) is 0 Å². The largest absolute Gasteiger partial charge is 0.396 e. The molecule has 0 aliphatic heterocycles. The number of aliphatic hydroxyl groups excluding tert-OH is 1. The van der Waals surface area contributed by atoms with Crippen LogP contribution < -0.4 is 5.32 Å². The van der Waals surface area contributed by atoms with Gasteiger partial charge in [0.25, 0.3) is 5.92 Å². The summed E-state index contributed by atoms with van der Waals surface area (Å²) in [6.45, 7) is 3.66. The van der Waals surface area contributed by atoms with Crippen LogP contribution in [-0.4, -0.2) is 30.2 Å². The van der Waals surface area contributed by atoms with Crippen molar-refractivity contribution >= 4 is 0 Å². The predicted octanol–water partition coefficient (Wildman–Crippen LogP) is 1.39. The van der Waals surface area contributed by atoms with Crippen molar-refractivity contribution in [1.82, 2.24) is 5.32 Å². The van der Waals surface area contributed by atoms with Crippen LogP contribution in [0.3, 0.4) is 0 Å². The lowest BCUT2D eigenvalue weighted by atomic mass is 10.2. The molecule has 0 spiro atoms. The van der Waals surface area contributed by atoms with Gasteiger partial charge in [0.05, 0.1) is 0 Å². The van der Waals surface area contributed by atoms with Gasteiger partial charge in [-0.05, 0) is 0 Å². The molecule has 0 fully saturated rings. The highest BCUT2D eigenvalue weighted by Gasteiger charge is 2.27. The first-order valence-electron chi connectivity index (χ1n) is 4.20. The normalized spacial score (nSPS) is 12.5. The van der Waals surface area contributed by atoms with Crippen molar-refractivity contribution in [3.63, 3.8) is 0 Å². The van der Waals surface area contributed by atoms with Gasteiger partial charge in [-0.2, -0.15) is 0 Å². The third kappa shape index (κ3) is 6.49. The third-order valence-corrected chi connectivity index (χ3v) is 1.52. The van der Waals surface area contributed by atoms with Crippen molar-refractivity contribution < 1.29 is 13.9 Å². The monoisotopic (exact) mass is 181 g/mol. The van der Waals surface area contributed by atoms with Gasteiger partial charge >= 0.3 is 0 Å². The molecule has 0 unspecified atom stereocenters. The second-order valence-electron chi connectivity index (χ2n) is 3.19. The van der Waals surface area contributed by atoms with Gasteiger partial charge in [-0.25, -0.2) is 8.78 Å². The molecular formula is C8H17F2NO. The predicted molar refractivity (Wildman–Crippen MR) is 44.4 cm³/mol. The summed E-state index contributed by atoms with van der Waals surface area (Å²) in [4.78, 5) is 0. The quantitative estimate of drug-likeness (QED) is 0.649. The Morgan fingerprint density at radius 1 is 1.33 bits per heavy atom. The number of rotatable bonds is 6. The van der Waals surface area contributed by atoms with Crippen LogP contribution in [0.5, 0.6) is 0 Å². The minimum absolute atomic E-state index is 0.203. The highest BCUT2D eigenvalue weighted by Crippen LogP contribution is 2.21. The molecule has 0 saturated carbocycles. The molecule has 74 valence electrons.